The molecule has 0 radical (unpaired) electrons. The van der Waals surface area contributed by atoms with Crippen LogP contribution in [-0.4, -0.2) is 28.6 Å². The molecule has 0 bridgehead atoms. The van der Waals surface area contributed by atoms with Gasteiger partial charge in [-0.1, -0.05) is 6.07 Å². The summed E-state index contributed by atoms with van der Waals surface area (Å²) in [7, 11) is 1.46. The standard InChI is InChI=1S/C17H24FN3O2/c1-11(14-5-6-16(18)17(9-14)23-4)19-10-15-12(2)20-21(7-8-22)13(15)3/h5-6,9,11,19,22H,7-8,10H2,1-4H3. The van der Waals surface area contributed by atoms with Crippen molar-refractivity contribution >= 4 is 0 Å². The molecule has 0 saturated carbocycles. The first-order chi connectivity index (χ1) is 11.0. The number of halogens is 1. The summed E-state index contributed by atoms with van der Waals surface area (Å²) in [5, 5.41) is 16.9. The van der Waals surface area contributed by atoms with E-state index >= 15 is 0 Å². The molecule has 0 amide bonds. The number of aliphatic hydroxyl groups is 1. The third-order valence-corrected chi connectivity index (χ3v) is 4.10. The molecule has 6 heteroatoms. The molecule has 1 unspecified atom stereocenters. The van der Waals surface area contributed by atoms with Gasteiger partial charge in [-0.15, -0.1) is 0 Å². The van der Waals surface area contributed by atoms with Gasteiger partial charge in [0.1, 0.15) is 0 Å². The van der Waals surface area contributed by atoms with Gasteiger partial charge in [-0.3, -0.25) is 4.68 Å². The molecule has 1 heterocycles. The molecule has 1 aromatic carbocycles. The zero-order valence-electron chi connectivity index (χ0n) is 14.1. The molecule has 0 aliphatic rings. The fourth-order valence-corrected chi connectivity index (χ4v) is 2.62. The lowest BCUT2D eigenvalue weighted by molar-refractivity contribution is 0.267. The average molecular weight is 321 g/mol. The van der Waals surface area contributed by atoms with Crippen molar-refractivity contribution in [2.24, 2.45) is 0 Å². The lowest BCUT2D eigenvalue weighted by Crippen LogP contribution is -2.19. The van der Waals surface area contributed by atoms with Gasteiger partial charge in [-0.2, -0.15) is 5.10 Å². The number of benzene rings is 1. The van der Waals surface area contributed by atoms with Crippen LogP contribution in [-0.2, 0) is 13.1 Å². The smallest absolute Gasteiger partial charge is 0.165 e. The summed E-state index contributed by atoms with van der Waals surface area (Å²) in [4.78, 5) is 0. The SMILES string of the molecule is COc1cc(C(C)NCc2c(C)nn(CCO)c2C)ccc1F. The van der Waals surface area contributed by atoms with Crippen molar-refractivity contribution in [1.29, 1.82) is 0 Å². The second-order valence-electron chi connectivity index (χ2n) is 5.59. The van der Waals surface area contributed by atoms with Crippen molar-refractivity contribution in [1.82, 2.24) is 15.1 Å². The summed E-state index contributed by atoms with van der Waals surface area (Å²) < 4.78 is 20.3. The highest BCUT2D eigenvalue weighted by molar-refractivity contribution is 5.32. The maximum Gasteiger partial charge on any atom is 0.165 e. The van der Waals surface area contributed by atoms with Crippen LogP contribution >= 0.6 is 0 Å². The van der Waals surface area contributed by atoms with E-state index in [0.29, 0.717) is 13.1 Å². The first-order valence-electron chi connectivity index (χ1n) is 7.68. The Morgan fingerprint density at radius 1 is 1.39 bits per heavy atom. The lowest BCUT2D eigenvalue weighted by atomic mass is 10.1. The van der Waals surface area contributed by atoms with E-state index in [9.17, 15) is 4.39 Å². The third kappa shape index (κ3) is 3.89. The highest BCUT2D eigenvalue weighted by Gasteiger charge is 2.14. The summed E-state index contributed by atoms with van der Waals surface area (Å²) in [6, 6.07) is 4.93. The summed E-state index contributed by atoms with van der Waals surface area (Å²) >= 11 is 0. The maximum absolute atomic E-state index is 13.5. The first kappa shape index (κ1) is 17.4. The molecule has 0 spiro atoms. The van der Waals surface area contributed by atoms with E-state index in [1.165, 1.54) is 13.2 Å². The normalized spacial score (nSPS) is 12.4. The molecule has 126 valence electrons. The topological polar surface area (TPSA) is 59.3 Å². The molecule has 0 saturated heterocycles. The number of hydrogen-bond donors (Lipinski definition) is 2. The van der Waals surface area contributed by atoms with Crippen LogP contribution in [0.2, 0.25) is 0 Å². The van der Waals surface area contributed by atoms with Gasteiger partial charge in [0.05, 0.1) is 26.0 Å². The van der Waals surface area contributed by atoms with Gasteiger partial charge in [-0.25, -0.2) is 4.39 Å². The molecule has 0 aliphatic carbocycles. The fraction of sp³-hybridized carbons (Fsp3) is 0.471. The van der Waals surface area contributed by atoms with Crippen molar-refractivity contribution in [3.8, 4) is 5.75 Å². The van der Waals surface area contributed by atoms with E-state index in [0.717, 1.165) is 22.5 Å². The third-order valence-electron chi connectivity index (χ3n) is 4.10. The first-order valence-corrected chi connectivity index (χ1v) is 7.68. The molecule has 0 aliphatic heterocycles. The van der Waals surface area contributed by atoms with Gasteiger partial charge in [0.15, 0.2) is 11.6 Å². The lowest BCUT2D eigenvalue weighted by Gasteiger charge is -2.16. The number of aryl methyl sites for hydroxylation is 1. The van der Waals surface area contributed by atoms with Crippen LogP contribution in [0, 0.1) is 19.7 Å². The van der Waals surface area contributed by atoms with Gasteiger partial charge < -0.3 is 15.2 Å². The molecular weight excluding hydrogens is 297 g/mol. The van der Waals surface area contributed by atoms with Gasteiger partial charge in [0.2, 0.25) is 0 Å². The molecular formula is C17H24FN3O2. The van der Waals surface area contributed by atoms with E-state index in [1.807, 2.05) is 25.5 Å². The van der Waals surface area contributed by atoms with Crippen LogP contribution in [0.1, 0.15) is 35.5 Å². The minimum atomic E-state index is -0.361. The predicted octanol–water partition coefficient (Wildman–Crippen LogP) is 2.49. The highest BCUT2D eigenvalue weighted by Crippen LogP contribution is 2.23. The molecule has 2 rings (SSSR count). The molecule has 23 heavy (non-hydrogen) atoms. The number of aliphatic hydroxyl groups excluding tert-OH is 1. The molecule has 2 N–H and O–H groups in total. The Morgan fingerprint density at radius 3 is 2.78 bits per heavy atom. The zero-order chi connectivity index (χ0) is 17.0. The van der Waals surface area contributed by atoms with Crippen molar-refractivity contribution in [3.05, 3.63) is 46.5 Å². The monoisotopic (exact) mass is 321 g/mol. The molecule has 1 atom stereocenters. The second kappa shape index (κ2) is 7.57. The van der Waals surface area contributed by atoms with E-state index in [2.05, 4.69) is 10.4 Å². The second-order valence-corrected chi connectivity index (χ2v) is 5.59. The quantitative estimate of drug-likeness (QED) is 0.822. The van der Waals surface area contributed by atoms with Crippen LogP contribution in [0.5, 0.6) is 5.75 Å². The molecule has 1 aromatic heterocycles. The Bertz CT molecular complexity index is 670. The summed E-state index contributed by atoms with van der Waals surface area (Å²) in [6.07, 6.45) is 0. The number of ether oxygens (including phenoxy) is 1. The van der Waals surface area contributed by atoms with Crippen molar-refractivity contribution in [2.75, 3.05) is 13.7 Å². The van der Waals surface area contributed by atoms with Crippen molar-refractivity contribution in [2.45, 2.75) is 39.9 Å². The van der Waals surface area contributed by atoms with Gasteiger partial charge in [0.25, 0.3) is 0 Å². The fourth-order valence-electron chi connectivity index (χ4n) is 2.62. The summed E-state index contributed by atoms with van der Waals surface area (Å²) in [6.45, 7) is 7.21. The number of nitrogens with one attached hydrogen (secondary N) is 1. The largest absolute Gasteiger partial charge is 0.494 e. The number of hydrogen-bond acceptors (Lipinski definition) is 4. The van der Waals surface area contributed by atoms with Crippen LogP contribution in [0.3, 0.4) is 0 Å². The van der Waals surface area contributed by atoms with E-state index in [1.54, 1.807) is 12.1 Å². The van der Waals surface area contributed by atoms with Crippen molar-refractivity contribution < 1.29 is 14.2 Å². The molecule has 0 fully saturated rings. The Balaban J connectivity index is 2.09. The summed E-state index contributed by atoms with van der Waals surface area (Å²) in [5.41, 5.74) is 4.08. The van der Waals surface area contributed by atoms with Gasteiger partial charge in [0, 0.05) is 23.8 Å². The minimum Gasteiger partial charge on any atom is -0.494 e. The van der Waals surface area contributed by atoms with E-state index in [4.69, 9.17) is 9.84 Å². The Morgan fingerprint density at radius 2 is 2.13 bits per heavy atom. The van der Waals surface area contributed by atoms with Crippen LogP contribution in [0.4, 0.5) is 4.39 Å². The number of nitrogens with zero attached hydrogens (tertiary/aromatic N) is 2. The van der Waals surface area contributed by atoms with Gasteiger partial charge >= 0.3 is 0 Å². The Kier molecular flexibility index (Phi) is 5.74. The predicted molar refractivity (Wildman–Crippen MR) is 87.0 cm³/mol. The Hall–Kier alpha value is -1.92. The molecule has 2 aromatic rings. The zero-order valence-corrected chi connectivity index (χ0v) is 14.1. The average Bonchev–Trinajstić information content (AvgIpc) is 2.80. The minimum absolute atomic E-state index is 0.0458. The van der Waals surface area contributed by atoms with Crippen LogP contribution in [0.15, 0.2) is 18.2 Å². The van der Waals surface area contributed by atoms with Crippen LogP contribution < -0.4 is 10.1 Å². The number of methoxy groups -OCH3 is 1. The van der Waals surface area contributed by atoms with Crippen LogP contribution in [0.25, 0.3) is 0 Å². The Labute approximate surface area is 136 Å². The van der Waals surface area contributed by atoms with E-state index in [-0.39, 0.29) is 24.2 Å². The number of aromatic nitrogens is 2. The number of rotatable bonds is 7. The molecule has 5 nitrogen and oxygen atoms in total. The van der Waals surface area contributed by atoms with Crippen molar-refractivity contribution in [3.63, 3.8) is 0 Å². The van der Waals surface area contributed by atoms with Gasteiger partial charge in [-0.05, 0) is 38.5 Å². The maximum atomic E-state index is 13.5. The van der Waals surface area contributed by atoms with E-state index < -0.39 is 0 Å². The highest BCUT2D eigenvalue weighted by atomic mass is 19.1. The summed E-state index contributed by atoms with van der Waals surface area (Å²) in [5.74, 6) is -0.111.